The Morgan fingerprint density at radius 2 is 1.95 bits per heavy atom. The topological polar surface area (TPSA) is 58.6 Å². The van der Waals surface area contributed by atoms with Crippen molar-refractivity contribution in [3.8, 4) is 0 Å². The largest absolute Gasteiger partial charge is 0.444 e. The highest BCUT2D eigenvalue weighted by molar-refractivity contribution is 5.67. The summed E-state index contributed by atoms with van der Waals surface area (Å²) in [5, 5.41) is 12.4. The van der Waals surface area contributed by atoms with Gasteiger partial charge in [-0.2, -0.15) is 0 Å². The molecule has 0 saturated heterocycles. The number of halogens is 1. The number of amides is 1. The predicted octanol–water partition coefficient (Wildman–Crippen LogP) is 2.99. The fourth-order valence-corrected chi connectivity index (χ4v) is 2.11. The van der Waals surface area contributed by atoms with E-state index in [-0.39, 0.29) is 19.0 Å². The first-order valence-corrected chi connectivity index (χ1v) is 7.07. The predicted molar refractivity (Wildman–Crippen MR) is 79.7 cm³/mol. The van der Waals surface area contributed by atoms with E-state index in [1.165, 1.54) is 6.07 Å². The third-order valence-corrected chi connectivity index (χ3v) is 3.39. The molecule has 0 radical (unpaired) electrons. The van der Waals surface area contributed by atoms with Crippen LogP contribution >= 0.6 is 0 Å². The zero-order chi connectivity index (χ0) is 16.1. The van der Waals surface area contributed by atoms with Gasteiger partial charge in [-0.05, 0) is 38.8 Å². The molecule has 118 valence electrons. The average Bonchev–Trinajstić information content (AvgIpc) is 2.40. The van der Waals surface area contributed by atoms with Crippen LogP contribution in [-0.4, -0.2) is 30.0 Å². The molecule has 1 rings (SSSR count). The van der Waals surface area contributed by atoms with Gasteiger partial charge >= 0.3 is 6.09 Å². The van der Waals surface area contributed by atoms with E-state index < -0.39 is 17.1 Å². The van der Waals surface area contributed by atoms with Crippen molar-refractivity contribution in [2.45, 2.75) is 45.1 Å². The number of hydrogen-bond acceptors (Lipinski definition) is 3. The number of aliphatic hydroxyl groups excluding tert-OH is 1. The van der Waals surface area contributed by atoms with Crippen molar-refractivity contribution in [2.24, 2.45) is 0 Å². The smallest absolute Gasteiger partial charge is 0.407 e. The lowest BCUT2D eigenvalue weighted by atomic mass is 9.78. The first-order valence-electron chi connectivity index (χ1n) is 7.07. The van der Waals surface area contributed by atoms with Gasteiger partial charge in [-0.25, -0.2) is 9.18 Å². The normalized spacial score (nSPS) is 14.4. The summed E-state index contributed by atoms with van der Waals surface area (Å²) in [4.78, 5) is 11.7. The number of rotatable bonds is 5. The van der Waals surface area contributed by atoms with Gasteiger partial charge in [-0.1, -0.05) is 25.1 Å². The fourth-order valence-electron chi connectivity index (χ4n) is 2.11. The van der Waals surface area contributed by atoms with E-state index in [0.29, 0.717) is 12.0 Å². The van der Waals surface area contributed by atoms with Crippen molar-refractivity contribution >= 4 is 6.09 Å². The van der Waals surface area contributed by atoms with Crippen LogP contribution in [-0.2, 0) is 10.2 Å². The molecule has 1 atom stereocenters. The summed E-state index contributed by atoms with van der Waals surface area (Å²) in [7, 11) is 0. The van der Waals surface area contributed by atoms with E-state index in [1.807, 2.05) is 6.92 Å². The van der Waals surface area contributed by atoms with Gasteiger partial charge in [0.05, 0.1) is 6.61 Å². The fraction of sp³-hybridized carbons (Fsp3) is 0.562. The number of carbonyl (C=O) groups excluding carboxylic acids is 1. The van der Waals surface area contributed by atoms with Crippen LogP contribution < -0.4 is 5.32 Å². The molecule has 0 bridgehead atoms. The molecule has 5 heteroatoms. The molecule has 0 aromatic heterocycles. The summed E-state index contributed by atoms with van der Waals surface area (Å²) < 4.78 is 19.2. The van der Waals surface area contributed by atoms with Crippen molar-refractivity contribution in [2.75, 3.05) is 13.2 Å². The Morgan fingerprint density at radius 1 is 1.33 bits per heavy atom. The van der Waals surface area contributed by atoms with E-state index in [0.717, 1.165) is 0 Å². The highest BCUT2D eigenvalue weighted by Gasteiger charge is 2.33. The van der Waals surface area contributed by atoms with Gasteiger partial charge in [0, 0.05) is 12.0 Å². The van der Waals surface area contributed by atoms with E-state index >= 15 is 0 Å². The second kappa shape index (κ2) is 6.89. The van der Waals surface area contributed by atoms with Gasteiger partial charge in [0.15, 0.2) is 0 Å². The van der Waals surface area contributed by atoms with Crippen LogP contribution in [0.3, 0.4) is 0 Å². The van der Waals surface area contributed by atoms with Gasteiger partial charge in [-0.15, -0.1) is 0 Å². The highest BCUT2D eigenvalue weighted by Crippen LogP contribution is 2.29. The van der Waals surface area contributed by atoms with Gasteiger partial charge in [0.1, 0.15) is 11.4 Å². The molecule has 1 unspecified atom stereocenters. The molecule has 0 aliphatic carbocycles. The summed E-state index contributed by atoms with van der Waals surface area (Å²) >= 11 is 0. The molecule has 1 amide bonds. The maximum absolute atomic E-state index is 14.0. The Bertz CT molecular complexity index is 479. The summed E-state index contributed by atoms with van der Waals surface area (Å²) in [6, 6.07) is 6.29. The Labute approximate surface area is 125 Å². The summed E-state index contributed by atoms with van der Waals surface area (Å²) in [5.74, 6) is -0.389. The molecular weight excluding hydrogens is 273 g/mol. The molecule has 0 aliphatic rings. The maximum atomic E-state index is 14.0. The summed E-state index contributed by atoms with van der Waals surface area (Å²) in [6.45, 7) is 6.99. The molecule has 0 saturated carbocycles. The van der Waals surface area contributed by atoms with Crippen molar-refractivity contribution in [3.63, 3.8) is 0 Å². The van der Waals surface area contributed by atoms with E-state index in [2.05, 4.69) is 5.32 Å². The van der Waals surface area contributed by atoms with Crippen LogP contribution in [0.15, 0.2) is 24.3 Å². The highest BCUT2D eigenvalue weighted by atomic mass is 19.1. The molecule has 0 spiro atoms. The van der Waals surface area contributed by atoms with E-state index in [1.54, 1.807) is 39.0 Å². The molecule has 0 aliphatic heterocycles. The minimum absolute atomic E-state index is 0.107. The van der Waals surface area contributed by atoms with Gasteiger partial charge in [0.2, 0.25) is 0 Å². The number of aliphatic hydroxyl groups is 1. The molecule has 21 heavy (non-hydrogen) atoms. The first kappa shape index (κ1) is 17.4. The Hall–Kier alpha value is -1.62. The molecular formula is C16H24FNO3. The monoisotopic (exact) mass is 297 g/mol. The Balaban J connectivity index is 2.88. The quantitative estimate of drug-likeness (QED) is 0.878. The second-order valence-electron chi connectivity index (χ2n) is 6.13. The Kier molecular flexibility index (Phi) is 5.72. The lowest BCUT2D eigenvalue weighted by Gasteiger charge is -2.32. The van der Waals surface area contributed by atoms with Crippen molar-refractivity contribution in [1.29, 1.82) is 0 Å². The third kappa shape index (κ3) is 4.70. The van der Waals surface area contributed by atoms with E-state index in [4.69, 9.17) is 4.74 Å². The molecule has 4 nitrogen and oxygen atoms in total. The van der Waals surface area contributed by atoms with Crippen molar-refractivity contribution in [3.05, 3.63) is 35.6 Å². The minimum atomic E-state index is -0.859. The minimum Gasteiger partial charge on any atom is -0.444 e. The standard InChI is InChI=1S/C16H24FNO3/c1-5-16(11-19,12-8-6-7-9-13(12)17)10-18-14(20)21-15(2,3)4/h6-9,19H,5,10-11H2,1-4H3,(H,18,20). The van der Waals surface area contributed by atoms with Crippen LogP contribution in [0.5, 0.6) is 0 Å². The number of ether oxygens (including phenoxy) is 1. The number of benzene rings is 1. The molecule has 1 aromatic carbocycles. The Morgan fingerprint density at radius 3 is 2.43 bits per heavy atom. The van der Waals surface area contributed by atoms with Crippen molar-refractivity contribution < 1.29 is 19.0 Å². The summed E-state index contributed by atoms with van der Waals surface area (Å²) in [6.07, 6.45) is -0.0923. The molecule has 0 heterocycles. The number of nitrogens with one attached hydrogen (secondary N) is 1. The van der Waals surface area contributed by atoms with E-state index in [9.17, 15) is 14.3 Å². The van der Waals surface area contributed by atoms with Crippen molar-refractivity contribution in [1.82, 2.24) is 5.32 Å². The third-order valence-electron chi connectivity index (χ3n) is 3.39. The first-order chi connectivity index (χ1) is 9.74. The zero-order valence-electron chi connectivity index (χ0n) is 13.1. The van der Waals surface area contributed by atoms with Crippen LogP contribution in [0.4, 0.5) is 9.18 Å². The maximum Gasteiger partial charge on any atom is 0.407 e. The lowest BCUT2D eigenvalue weighted by molar-refractivity contribution is 0.0501. The average molecular weight is 297 g/mol. The van der Waals surface area contributed by atoms with Gasteiger partial charge < -0.3 is 15.2 Å². The number of hydrogen-bond donors (Lipinski definition) is 2. The summed E-state index contributed by atoms with van der Waals surface area (Å²) in [5.41, 5.74) is -1.07. The lowest BCUT2D eigenvalue weighted by Crippen LogP contribution is -2.45. The van der Waals surface area contributed by atoms with Gasteiger partial charge in [-0.3, -0.25) is 0 Å². The second-order valence-corrected chi connectivity index (χ2v) is 6.13. The van der Waals surface area contributed by atoms with Crippen LogP contribution in [0, 0.1) is 5.82 Å². The molecule has 0 fully saturated rings. The molecule has 2 N–H and O–H groups in total. The SMILES string of the molecule is CCC(CO)(CNC(=O)OC(C)(C)C)c1ccccc1F. The van der Waals surface area contributed by atoms with Crippen LogP contribution in [0.2, 0.25) is 0 Å². The van der Waals surface area contributed by atoms with Gasteiger partial charge in [0.25, 0.3) is 0 Å². The zero-order valence-corrected chi connectivity index (χ0v) is 13.1. The number of carbonyl (C=O) groups is 1. The van der Waals surface area contributed by atoms with Crippen LogP contribution in [0.25, 0.3) is 0 Å². The molecule has 1 aromatic rings. The van der Waals surface area contributed by atoms with Crippen LogP contribution in [0.1, 0.15) is 39.7 Å². The number of alkyl carbamates (subject to hydrolysis) is 1.